The van der Waals surface area contributed by atoms with E-state index in [0.29, 0.717) is 6.42 Å². The molecule has 0 amide bonds. The Morgan fingerprint density at radius 3 is 2.53 bits per heavy atom. The summed E-state index contributed by atoms with van der Waals surface area (Å²) in [6.07, 6.45) is 1.08. The first kappa shape index (κ1) is 15.5. The van der Waals surface area contributed by atoms with E-state index in [1.165, 1.54) is 12.7 Å². The van der Waals surface area contributed by atoms with Crippen molar-refractivity contribution in [1.82, 2.24) is 5.32 Å². The van der Waals surface area contributed by atoms with Crippen molar-refractivity contribution in [2.24, 2.45) is 0 Å². The van der Waals surface area contributed by atoms with Gasteiger partial charge in [0.05, 0.1) is 20.6 Å². The van der Waals surface area contributed by atoms with E-state index < -0.39 is 0 Å². The molecule has 0 saturated carbocycles. The third kappa shape index (κ3) is 4.24. The van der Waals surface area contributed by atoms with Crippen LogP contribution in [0, 0.1) is 13.8 Å². The van der Waals surface area contributed by atoms with Crippen LogP contribution in [0.15, 0.2) is 12.1 Å². The lowest BCUT2D eigenvalue weighted by atomic mass is 9.98. The number of methoxy groups -OCH3 is 2. The van der Waals surface area contributed by atoms with Crippen molar-refractivity contribution >= 4 is 5.97 Å². The molecular weight excluding hydrogens is 242 g/mol. The highest BCUT2D eigenvalue weighted by Gasteiger charge is 2.16. The Kier molecular flexibility index (Phi) is 5.83. The summed E-state index contributed by atoms with van der Waals surface area (Å²) in [5, 5.41) is 3.15. The van der Waals surface area contributed by atoms with Crippen LogP contribution in [-0.2, 0) is 16.0 Å². The van der Waals surface area contributed by atoms with Crippen LogP contribution < -0.4 is 10.1 Å². The smallest absolute Gasteiger partial charge is 0.307 e. The van der Waals surface area contributed by atoms with Crippen LogP contribution in [0.25, 0.3) is 0 Å². The highest BCUT2D eigenvalue weighted by Crippen LogP contribution is 2.26. The molecule has 106 valence electrons. The number of hydrogen-bond donors (Lipinski definition) is 1. The summed E-state index contributed by atoms with van der Waals surface area (Å²) in [5.41, 5.74) is 3.43. The molecule has 0 saturated heterocycles. The number of rotatable bonds is 6. The fraction of sp³-hybridized carbons (Fsp3) is 0.533. The average Bonchev–Trinajstić information content (AvgIpc) is 2.37. The maximum absolute atomic E-state index is 11.4. The van der Waals surface area contributed by atoms with Crippen molar-refractivity contribution < 1.29 is 14.3 Å². The highest BCUT2D eigenvalue weighted by molar-refractivity contribution is 5.70. The molecule has 4 heteroatoms. The van der Waals surface area contributed by atoms with Gasteiger partial charge in [-0.05, 0) is 38.4 Å². The summed E-state index contributed by atoms with van der Waals surface area (Å²) in [6.45, 7) is 4.09. The lowest BCUT2D eigenvalue weighted by Crippen LogP contribution is -2.31. The quantitative estimate of drug-likeness (QED) is 0.799. The SMILES string of the molecule is CNC(CC(=O)OC)Cc1cc(C)cc(C)c1OC. The van der Waals surface area contributed by atoms with Gasteiger partial charge in [0.15, 0.2) is 0 Å². The van der Waals surface area contributed by atoms with E-state index in [1.807, 2.05) is 14.0 Å². The number of hydrogen-bond acceptors (Lipinski definition) is 4. The first-order valence-corrected chi connectivity index (χ1v) is 6.40. The number of carbonyl (C=O) groups is 1. The van der Waals surface area contributed by atoms with Gasteiger partial charge in [-0.15, -0.1) is 0 Å². The van der Waals surface area contributed by atoms with Gasteiger partial charge >= 0.3 is 5.97 Å². The zero-order chi connectivity index (χ0) is 14.4. The van der Waals surface area contributed by atoms with Crippen molar-refractivity contribution in [3.63, 3.8) is 0 Å². The number of aryl methyl sites for hydroxylation is 2. The van der Waals surface area contributed by atoms with Crippen LogP contribution in [0.3, 0.4) is 0 Å². The summed E-state index contributed by atoms with van der Waals surface area (Å²) in [5.74, 6) is 0.693. The summed E-state index contributed by atoms with van der Waals surface area (Å²) >= 11 is 0. The first-order chi connectivity index (χ1) is 9.01. The molecule has 0 aromatic heterocycles. The molecule has 0 fully saturated rings. The molecule has 0 heterocycles. The lowest BCUT2D eigenvalue weighted by molar-refractivity contribution is -0.141. The van der Waals surface area contributed by atoms with Gasteiger partial charge in [0.25, 0.3) is 0 Å². The van der Waals surface area contributed by atoms with Crippen LogP contribution in [0.5, 0.6) is 5.75 Å². The number of nitrogens with one attached hydrogen (secondary N) is 1. The predicted octanol–water partition coefficient (Wildman–Crippen LogP) is 2.01. The number of carbonyl (C=O) groups excluding carboxylic acids is 1. The second kappa shape index (κ2) is 7.14. The van der Waals surface area contributed by atoms with Gasteiger partial charge in [-0.25, -0.2) is 0 Å². The van der Waals surface area contributed by atoms with Gasteiger partial charge in [-0.2, -0.15) is 0 Å². The minimum atomic E-state index is -0.206. The van der Waals surface area contributed by atoms with Crippen molar-refractivity contribution in [2.45, 2.75) is 32.7 Å². The normalized spacial score (nSPS) is 12.1. The fourth-order valence-corrected chi connectivity index (χ4v) is 2.31. The molecule has 0 aliphatic rings. The van der Waals surface area contributed by atoms with Gasteiger partial charge in [-0.3, -0.25) is 4.79 Å². The maximum atomic E-state index is 11.4. The summed E-state index contributed by atoms with van der Waals surface area (Å²) < 4.78 is 10.2. The van der Waals surface area contributed by atoms with Gasteiger partial charge in [-0.1, -0.05) is 17.7 Å². The molecule has 4 nitrogen and oxygen atoms in total. The molecule has 1 unspecified atom stereocenters. The third-order valence-electron chi connectivity index (χ3n) is 3.22. The molecule has 1 atom stereocenters. The van der Waals surface area contributed by atoms with Crippen molar-refractivity contribution in [3.05, 3.63) is 28.8 Å². The van der Waals surface area contributed by atoms with Crippen LogP contribution in [0.4, 0.5) is 0 Å². The van der Waals surface area contributed by atoms with Crippen molar-refractivity contribution in [2.75, 3.05) is 21.3 Å². The van der Waals surface area contributed by atoms with Crippen LogP contribution in [-0.4, -0.2) is 33.3 Å². The molecule has 1 N–H and O–H groups in total. The first-order valence-electron chi connectivity index (χ1n) is 6.40. The standard InChI is InChI=1S/C15H23NO3/c1-10-6-11(2)15(19-5)12(7-10)8-13(16-3)9-14(17)18-4/h6-7,13,16H,8-9H2,1-5H3. The fourth-order valence-electron chi connectivity index (χ4n) is 2.31. The predicted molar refractivity (Wildman–Crippen MR) is 75.7 cm³/mol. The Hall–Kier alpha value is -1.55. The topological polar surface area (TPSA) is 47.6 Å². The van der Waals surface area contributed by atoms with Crippen LogP contribution in [0.2, 0.25) is 0 Å². The molecule has 0 bridgehead atoms. The number of benzene rings is 1. The monoisotopic (exact) mass is 265 g/mol. The van der Waals surface area contributed by atoms with Gasteiger partial charge < -0.3 is 14.8 Å². The third-order valence-corrected chi connectivity index (χ3v) is 3.22. The summed E-state index contributed by atoms with van der Waals surface area (Å²) in [6, 6.07) is 4.24. The Labute approximate surface area is 115 Å². The minimum Gasteiger partial charge on any atom is -0.496 e. The number of esters is 1. The molecule has 0 spiro atoms. The Balaban J connectivity index is 2.93. The van der Waals surface area contributed by atoms with E-state index in [2.05, 4.69) is 24.4 Å². The average molecular weight is 265 g/mol. The second-order valence-electron chi connectivity index (χ2n) is 4.74. The lowest BCUT2D eigenvalue weighted by Gasteiger charge is -2.18. The van der Waals surface area contributed by atoms with E-state index in [-0.39, 0.29) is 12.0 Å². The molecular formula is C15H23NO3. The van der Waals surface area contributed by atoms with Crippen LogP contribution in [0.1, 0.15) is 23.1 Å². The Morgan fingerprint density at radius 2 is 2.00 bits per heavy atom. The van der Waals surface area contributed by atoms with E-state index in [1.54, 1.807) is 7.11 Å². The largest absolute Gasteiger partial charge is 0.496 e. The van der Waals surface area contributed by atoms with Crippen LogP contribution >= 0.6 is 0 Å². The van der Waals surface area contributed by atoms with E-state index in [4.69, 9.17) is 9.47 Å². The maximum Gasteiger partial charge on any atom is 0.307 e. The molecule has 1 aromatic rings. The van der Waals surface area contributed by atoms with E-state index in [0.717, 1.165) is 23.3 Å². The molecule has 1 rings (SSSR count). The van der Waals surface area contributed by atoms with Crippen molar-refractivity contribution in [1.29, 1.82) is 0 Å². The number of likely N-dealkylation sites (N-methyl/N-ethyl adjacent to an activating group) is 1. The molecule has 0 aliphatic carbocycles. The molecule has 1 aromatic carbocycles. The van der Waals surface area contributed by atoms with Gasteiger partial charge in [0, 0.05) is 6.04 Å². The highest BCUT2D eigenvalue weighted by atomic mass is 16.5. The molecule has 19 heavy (non-hydrogen) atoms. The number of ether oxygens (including phenoxy) is 2. The summed E-state index contributed by atoms with van der Waals surface area (Å²) in [4.78, 5) is 11.4. The molecule has 0 radical (unpaired) electrons. The van der Waals surface area contributed by atoms with E-state index in [9.17, 15) is 4.79 Å². The Bertz CT molecular complexity index is 443. The second-order valence-corrected chi connectivity index (χ2v) is 4.74. The molecule has 0 aliphatic heterocycles. The van der Waals surface area contributed by atoms with Gasteiger partial charge in [0.1, 0.15) is 5.75 Å². The zero-order valence-electron chi connectivity index (χ0n) is 12.4. The van der Waals surface area contributed by atoms with E-state index >= 15 is 0 Å². The summed E-state index contributed by atoms with van der Waals surface area (Å²) in [7, 11) is 4.94. The minimum absolute atomic E-state index is 0.0440. The Morgan fingerprint density at radius 1 is 1.32 bits per heavy atom. The van der Waals surface area contributed by atoms with Gasteiger partial charge in [0.2, 0.25) is 0 Å². The zero-order valence-corrected chi connectivity index (χ0v) is 12.4. The van der Waals surface area contributed by atoms with Crippen molar-refractivity contribution in [3.8, 4) is 5.75 Å².